The molecular formula is C15H16N2O3S2. The minimum atomic E-state index is -3.23. The van der Waals surface area contributed by atoms with E-state index in [1.54, 1.807) is 23.2 Å². The van der Waals surface area contributed by atoms with Crippen LogP contribution in [0.4, 0.5) is 0 Å². The Bertz CT molecular complexity index is 742. The molecule has 0 radical (unpaired) electrons. The Kier molecular flexibility index (Phi) is 4.26. The van der Waals surface area contributed by atoms with Crippen LogP contribution in [0.5, 0.6) is 0 Å². The third-order valence-electron chi connectivity index (χ3n) is 3.80. The third-order valence-corrected chi connectivity index (χ3v) is 7.04. The van der Waals surface area contributed by atoms with Gasteiger partial charge in [-0.25, -0.2) is 8.42 Å². The molecule has 1 fully saturated rings. The van der Waals surface area contributed by atoms with Crippen LogP contribution in [0.25, 0.3) is 0 Å². The Morgan fingerprint density at radius 1 is 1.27 bits per heavy atom. The molecule has 116 valence electrons. The van der Waals surface area contributed by atoms with Crippen LogP contribution >= 0.6 is 11.3 Å². The molecule has 0 spiro atoms. The fraction of sp³-hybridized carbons (Fsp3) is 0.333. The highest BCUT2D eigenvalue weighted by atomic mass is 32.2. The van der Waals surface area contributed by atoms with Crippen LogP contribution in [0.3, 0.4) is 0 Å². The zero-order valence-electron chi connectivity index (χ0n) is 11.9. The van der Waals surface area contributed by atoms with Crippen molar-refractivity contribution in [3.05, 3.63) is 52.5 Å². The van der Waals surface area contributed by atoms with Crippen LogP contribution in [0.1, 0.15) is 26.9 Å². The lowest BCUT2D eigenvalue weighted by Crippen LogP contribution is -2.33. The van der Waals surface area contributed by atoms with Gasteiger partial charge >= 0.3 is 0 Å². The van der Waals surface area contributed by atoms with Crippen molar-refractivity contribution in [1.29, 1.82) is 0 Å². The van der Waals surface area contributed by atoms with Gasteiger partial charge in [-0.2, -0.15) is 0 Å². The summed E-state index contributed by atoms with van der Waals surface area (Å²) in [5.41, 5.74) is 0.495. The van der Waals surface area contributed by atoms with Gasteiger partial charge in [0.15, 0.2) is 9.84 Å². The first-order valence-corrected chi connectivity index (χ1v) is 9.62. The standard InChI is InChI=1S/C15H16N2O3S2/c18-15(12-3-1-6-16-11-12)17-7-5-14(13-4-2-9-21-13)22(19,20)10-8-17/h1-4,6,9,11,14H,5,7-8,10H2. The van der Waals surface area contributed by atoms with Gasteiger partial charge < -0.3 is 4.90 Å². The summed E-state index contributed by atoms with van der Waals surface area (Å²) in [6.07, 6.45) is 3.56. The van der Waals surface area contributed by atoms with E-state index in [1.807, 2.05) is 17.5 Å². The monoisotopic (exact) mass is 336 g/mol. The van der Waals surface area contributed by atoms with Crippen molar-refractivity contribution < 1.29 is 13.2 Å². The molecule has 0 saturated carbocycles. The van der Waals surface area contributed by atoms with E-state index < -0.39 is 15.1 Å². The Labute approximate surface area is 133 Å². The zero-order chi connectivity index (χ0) is 15.6. The number of hydrogen-bond donors (Lipinski definition) is 0. The van der Waals surface area contributed by atoms with Crippen LogP contribution < -0.4 is 0 Å². The first-order valence-electron chi connectivity index (χ1n) is 7.02. The van der Waals surface area contributed by atoms with Gasteiger partial charge in [0.05, 0.1) is 16.6 Å². The summed E-state index contributed by atoms with van der Waals surface area (Å²) < 4.78 is 24.9. The second kappa shape index (κ2) is 6.18. The first-order chi connectivity index (χ1) is 10.6. The molecule has 1 unspecified atom stereocenters. The van der Waals surface area contributed by atoms with E-state index >= 15 is 0 Å². The largest absolute Gasteiger partial charge is 0.338 e. The lowest BCUT2D eigenvalue weighted by atomic mass is 10.2. The van der Waals surface area contributed by atoms with Crippen LogP contribution in [0.15, 0.2) is 42.0 Å². The highest BCUT2D eigenvalue weighted by Crippen LogP contribution is 2.32. The summed E-state index contributed by atoms with van der Waals surface area (Å²) in [5.74, 6) is -0.156. The van der Waals surface area contributed by atoms with Crippen LogP contribution in [-0.4, -0.2) is 43.1 Å². The molecule has 1 aliphatic heterocycles. The Balaban J connectivity index is 1.81. The van der Waals surface area contributed by atoms with E-state index in [1.165, 1.54) is 17.5 Å². The van der Waals surface area contributed by atoms with Crippen LogP contribution in [-0.2, 0) is 9.84 Å². The van der Waals surface area contributed by atoms with E-state index in [0.717, 1.165) is 4.88 Å². The van der Waals surface area contributed by atoms with Crippen molar-refractivity contribution in [3.8, 4) is 0 Å². The molecule has 22 heavy (non-hydrogen) atoms. The minimum Gasteiger partial charge on any atom is -0.338 e. The van der Waals surface area contributed by atoms with Crippen molar-refractivity contribution in [2.24, 2.45) is 0 Å². The maximum absolute atomic E-state index is 12.5. The number of hydrogen-bond acceptors (Lipinski definition) is 5. The maximum atomic E-state index is 12.5. The SMILES string of the molecule is O=C(c1cccnc1)N1CCC(c2cccs2)S(=O)(=O)CC1. The van der Waals surface area contributed by atoms with Crippen molar-refractivity contribution >= 4 is 27.1 Å². The number of carbonyl (C=O) groups excluding carboxylic acids is 1. The summed E-state index contributed by atoms with van der Waals surface area (Å²) in [7, 11) is -3.23. The number of pyridine rings is 1. The smallest absolute Gasteiger partial charge is 0.255 e. The first kappa shape index (κ1) is 15.2. The van der Waals surface area contributed by atoms with Crippen LogP contribution in [0, 0.1) is 0 Å². The minimum absolute atomic E-state index is 0.00156. The molecule has 2 aromatic rings. The zero-order valence-corrected chi connectivity index (χ0v) is 13.5. The molecule has 5 nitrogen and oxygen atoms in total. The summed E-state index contributed by atoms with van der Waals surface area (Å²) in [5, 5.41) is 1.38. The Morgan fingerprint density at radius 2 is 2.14 bits per heavy atom. The van der Waals surface area contributed by atoms with Crippen molar-refractivity contribution in [1.82, 2.24) is 9.88 Å². The maximum Gasteiger partial charge on any atom is 0.255 e. The molecule has 2 aromatic heterocycles. The number of nitrogens with zero attached hydrogens (tertiary/aromatic N) is 2. The highest BCUT2D eigenvalue weighted by Gasteiger charge is 2.33. The van der Waals surface area contributed by atoms with Gasteiger partial charge in [-0.15, -0.1) is 11.3 Å². The van der Waals surface area contributed by atoms with Crippen LogP contribution in [0.2, 0.25) is 0 Å². The number of thiophene rings is 1. The molecular weight excluding hydrogens is 320 g/mol. The molecule has 3 rings (SSSR count). The topological polar surface area (TPSA) is 67.3 Å². The second-order valence-corrected chi connectivity index (χ2v) is 8.48. The normalized spacial score (nSPS) is 21.3. The quantitative estimate of drug-likeness (QED) is 0.843. The number of sulfone groups is 1. The Morgan fingerprint density at radius 3 is 2.82 bits per heavy atom. The van der Waals surface area contributed by atoms with Gasteiger partial charge in [-0.3, -0.25) is 9.78 Å². The molecule has 1 aliphatic rings. The fourth-order valence-electron chi connectivity index (χ4n) is 2.61. The van der Waals surface area contributed by atoms with Gasteiger partial charge in [0.1, 0.15) is 0 Å². The number of rotatable bonds is 2. The molecule has 3 heterocycles. The van der Waals surface area contributed by atoms with Gasteiger partial charge in [-0.1, -0.05) is 6.07 Å². The highest BCUT2D eigenvalue weighted by molar-refractivity contribution is 7.91. The van der Waals surface area contributed by atoms with E-state index in [0.29, 0.717) is 18.5 Å². The molecule has 1 amide bonds. The van der Waals surface area contributed by atoms with E-state index in [9.17, 15) is 13.2 Å². The van der Waals surface area contributed by atoms with E-state index in [2.05, 4.69) is 4.98 Å². The lowest BCUT2D eigenvalue weighted by molar-refractivity contribution is 0.0766. The molecule has 0 aliphatic carbocycles. The predicted octanol–water partition coefficient (Wildman–Crippen LogP) is 2.15. The Hall–Kier alpha value is -1.73. The fourth-order valence-corrected chi connectivity index (χ4v) is 5.62. The number of carbonyl (C=O) groups is 1. The molecule has 1 saturated heterocycles. The van der Waals surface area contributed by atoms with Gasteiger partial charge in [0.25, 0.3) is 5.91 Å². The second-order valence-electron chi connectivity index (χ2n) is 5.19. The van der Waals surface area contributed by atoms with E-state index in [4.69, 9.17) is 0 Å². The van der Waals surface area contributed by atoms with Crippen molar-refractivity contribution in [3.63, 3.8) is 0 Å². The molecule has 0 bridgehead atoms. The van der Waals surface area contributed by atoms with Gasteiger partial charge in [0, 0.05) is 30.4 Å². The third kappa shape index (κ3) is 3.05. The summed E-state index contributed by atoms with van der Waals surface area (Å²) in [4.78, 5) is 18.9. The number of amides is 1. The van der Waals surface area contributed by atoms with Crippen molar-refractivity contribution in [2.75, 3.05) is 18.8 Å². The molecule has 1 atom stereocenters. The van der Waals surface area contributed by atoms with E-state index in [-0.39, 0.29) is 18.2 Å². The summed E-state index contributed by atoms with van der Waals surface area (Å²) in [6, 6.07) is 7.12. The molecule has 7 heteroatoms. The average molecular weight is 336 g/mol. The molecule has 0 aromatic carbocycles. The van der Waals surface area contributed by atoms with Gasteiger partial charge in [0.2, 0.25) is 0 Å². The van der Waals surface area contributed by atoms with Crippen molar-refractivity contribution in [2.45, 2.75) is 11.7 Å². The number of aromatic nitrogens is 1. The summed E-state index contributed by atoms with van der Waals surface area (Å²) in [6.45, 7) is 0.674. The summed E-state index contributed by atoms with van der Waals surface area (Å²) >= 11 is 1.45. The average Bonchev–Trinajstić information content (AvgIpc) is 2.99. The predicted molar refractivity (Wildman–Crippen MR) is 85.6 cm³/mol. The van der Waals surface area contributed by atoms with Gasteiger partial charge in [-0.05, 0) is 30.0 Å². The lowest BCUT2D eigenvalue weighted by Gasteiger charge is -2.19. The molecule has 0 N–H and O–H groups in total.